The number of halogens is 1. The summed E-state index contributed by atoms with van der Waals surface area (Å²) in [6.45, 7) is 9.79. The second kappa shape index (κ2) is 10.9. The highest BCUT2D eigenvalue weighted by Crippen LogP contribution is 2.29. The van der Waals surface area contributed by atoms with Gasteiger partial charge in [-0.15, -0.1) is 35.3 Å². The molecule has 3 aromatic rings. The summed E-state index contributed by atoms with van der Waals surface area (Å²) in [5.74, 6) is 1.74. The minimum atomic E-state index is -0.582. The molecule has 158 valence electrons. The average Bonchev–Trinajstić information content (AvgIpc) is 3.26. The van der Waals surface area contributed by atoms with Crippen molar-refractivity contribution in [3.05, 3.63) is 52.2 Å². The standard InChI is InChI=1S/C21H28N4O2S.HI/c1-5-22-21(23-11-13(2)20-14(3)25-27-15(20)4)24-12-17(26)19-10-16-8-6-7-9-18(16)28-19;/h6-10,13,17,26H,5,11-12H2,1-4H3,(H2,22,23,24);1H. The summed E-state index contributed by atoms with van der Waals surface area (Å²) in [6, 6.07) is 10.2. The fourth-order valence-corrected chi connectivity index (χ4v) is 4.37. The molecule has 0 bridgehead atoms. The predicted molar refractivity (Wildman–Crippen MR) is 131 cm³/mol. The quantitative estimate of drug-likeness (QED) is 0.239. The largest absolute Gasteiger partial charge is 0.386 e. The number of aliphatic hydroxyl groups is 1. The molecule has 1 aromatic carbocycles. The molecule has 0 aliphatic rings. The number of rotatable bonds is 7. The number of aliphatic imine (C=N–C) groups is 1. The van der Waals surface area contributed by atoms with Gasteiger partial charge in [0.2, 0.25) is 0 Å². The summed E-state index contributed by atoms with van der Waals surface area (Å²) < 4.78 is 6.45. The number of aliphatic hydroxyl groups excluding tert-OH is 1. The van der Waals surface area contributed by atoms with Gasteiger partial charge in [0, 0.05) is 40.7 Å². The maximum atomic E-state index is 10.6. The van der Waals surface area contributed by atoms with Crippen LogP contribution in [0.4, 0.5) is 0 Å². The Morgan fingerprint density at radius 1 is 1.28 bits per heavy atom. The van der Waals surface area contributed by atoms with Gasteiger partial charge in [-0.3, -0.25) is 4.99 Å². The van der Waals surface area contributed by atoms with Gasteiger partial charge in [0.1, 0.15) is 11.9 Å². The molecule has 0 saturated heterocycles. The number of fused-ring (bicyclic) bond motifs is 1. The third kappa shape index (κ3) is 5.93. The van der Waals surface area contributed by atoms with Crippen LogP contribution < -0.4 is 10.6 Å². The first-order valence-corrected chi connectivity index (χ1v) is 10.4. The second-order valence-electron chi connectivity index (χ2n) is 6.94. The van der Waals surface area contributed by atoms with Gasteiger partial charge in [0.15, 0.2) is 5.96 Å². The highest BCUT2D eigenvalue weighted by molar-refractivity contribution is 14.0. The van der Waals surface area contributed by atoms with E-state index in [2.05, 4.69) is 45.9 Å². The Balaban J connectivity index is 0.00000300. The molecule has 3 rings (SSSR count). The first-order chi connectivity index (χ1) is 13.5. The molecular formula is C21H29IN4O2S. The third-order valence-electron chi connectivity index (χ3n) is 4.68. The zero-order valence-corrected chi connectivity index (χ0v) is 20.4. The molecule has 0 fully saturated rings. The molecule has 29 heavy (non-hydrogen) atoms. The monoisotopic (exact) mass is 528 g/mol. The van der Waals surface area contributed by atoms with Crippen molar-refractivity contribution in [3.63, 3.8) is 0 Å². The summed E-state index contributed by atoms with van der Waals surface area (Å²) >= 11 is 1.62. The molecule has 3 N–H and O–H groups in total. The van der Waals surface area contributed by atoms with Crippen LogP contribution in [0.5, 0.6) is 0 Å². The molecule has 0 saturated carbocycles. The van der Waals surface area contributed by atoms with Gasteiger partial charge in [-0.2, -0.15) is 0 Å². The van der Waals surface area contributed by atoms with E-state index in [0.29, 0.717) is 19.0 Å². The van der Waals surface area contributed by atoms with Crippen LogP contribution in [-0.2, 0) is 0 Å². The molecule has 0 radical (unpaired) electrons. The maximum Gasteiger partial charge on any atom is 0.191 e. The van der Waals surface area contributed by atoms with E-state index < -0.39 is 6.10 Å². The third-order valence-corrected chi connectivity index (χ3v) is 5.90. The molecule has 2 heterocycles. The van der Waals surface area contributed by atoms with E-state index >= 15 is 0 Å². The second-order valence-corrected chi connectivity index (χ2v) is 8.06. The number of aryl methyl sites for hydroxylation is 2. The molecule has 8 heteroatoms. The van der Waals surface area contributed by atoms with Gasteiger partial charge in [-0.25, -0.2) is 0 Å². The molecule has 2 unspecified atom stereocenters. The number of thiophene rings is 1. The van der Waals surface area contributed by atoms with Crippen molar-refractivity contribution in [2.75, 3.05) is 19.6 Å². The molecule has 2 aromatic heterocycles. The highest BCUT2D eigenvalue weighted by Gasteiger charge is 2.17. The lowest BCUT2D eigenvalue weighted by Crippen LogP contribution is -2.39. The van der Waals surface area contributed by atoms with E-state index in [0.717, 1.165) is 33.8 Å². The van der Waals surface area contributed by atoms with Crippen LogP contribution in [0.2, 0.25) is 0 Å². The first kappa shape index (κ1) is 23.6. The van der Waals surface area contributed by atoms with E-state index in [4.69, 9.17) is 4.52 Å². The van der Waals surface area contributed by atoms with E-state index in [1.807, 2.05) is 32.9 Å². The fraction of sp³-hybridized carbons (Fsp3) is 0.429. The number of benzene rings is 1. The number of nitrogens with one attached hydrogen (secondary N) is 2. The molecule has 0 aliphatic carbocycles. The zero-order valence-electron chi connectivity index (χ0n) is 17.2. The van der Waals surface area contributed by atoms with E-state index in [-0.39, 0.29) is 29.9 Å². The Kier molecular flexibility index (Phi) is 8.91. The molecule has 0 amide bonds. The Morgan fingerprint density at radius 2 is 2.03 bits per heavy atom. The topological polar surface area (TPSA) is 82.7 Å². The first-order valence-electron chi connectivity index (χ1n) is 9.61. The smallest absolute Gasteiger partial charge is 0.191 e. The van der Waals surface area contributed by atoms with E-state index in [1.54, 1.807) is 11.3 Å². The van der Waals surface area contributed by atoms with Crippen molar-refractivity contribution >= 4 is 51.4 Å². The molecule has 0 aliphatic heterocycles. The molecule has 2 atom stereocenters. The summed E-state index contributed by atoms with van der Waals surface area (Å²) in [5.41, 5.74) is 2.03. The number of hydrogen-bond donors (Lipinski definition) is 3. The summed E-state index contributed by atoms with van der Waals surface area (Å²) in [7, 11) is 0. The zero-order chi connectivity index (χ0) is 20.1. The predicted octanol–water partition coefficient (Wildman–Crippen LogP) is 4.52. The van der Waals surface area contributed by atoms with E-state index in [9.17, 15) is 5.11 Å². The summed E-state index contributed by atoms with van der Waals surface area (Å²) in [4.78, 5) is 5.63. The van der Waals surface area contributed by atoms with Crippen LogP contribution in [-0.4, -0.2) is 35.9 Å². The number of guanidine groups is 1. The Hall–Kier alpha value is -1.65. The molecule has 0 spiro atoms. The van der Waals surface area contributed by atoms with Gasteiger partial charge in [-0.05, 0) is 38.3 Å². The lowest BCUT2D eigenvalue weighted by Gasteiger charge is -2.15. The van der Waals surface area contributed by atoms with Crippen LogP contribution in [0.3, 0.4) is 0 Å². The summed E-state index contributed by atoms with van der Waals surface area (Å²) in [5, 5.41) is 22.3. The number of hydrogen-bond acceptors (Lipinski definition) is 5. The lowest BCUT2D eigenvalue weighted by atomic mass is 10.00. The minimum absolute atomic E-state index is 0. The lowest BCUT2D eigenvalue weighted by molar-refractivity contribution is 0.184. The van der Waals surface area contributed by atoms with E-state index in [1.165, 1.54) is 4.70 Å². The highest BCUT2D eigenvalue weighted by atomic mass is 127. The van der Waals surface area contributed by atoms with Gasteiger partial charge in [0.05, 0.1) is 5.69 Å². The van der Waals surface area contributed by atoms with Crippen LogP contribution in [0.15, 0.2) is 39.8 Å². The molecule has 6 nitrogen and oxygen atoms in total. The Labute approximate surface area is 192 Å². The van der Waals surface area contributed by atoms with Crippen LogP contribution >= 0.6 is 35.3 Å². The van der Waals surface area contributed by atoms with Crippen LogP contribution in [0.1, 0.15) is 47.8 Å². The van der Waals surface area contributed by atoms with Crippen LogP contribution in [0, 0.1) is 13.8 Å². The van der Waals surface area contributed by atoms with Crippen molar-refractivity contribution in [1.82, 2.24) is 15.8 Å². The maximum absolute atomic E-state index is 10.6. The van der Waals surface area contributed by atoms with Crippen molar-refractivity contribution in [3.8, 4) is 0 Å². The van der Waals surface area contributed by atoms with Crippen molar-refractivity contribution in [2.45, 2.75) is 39.7 Å². The van der Waals surface area contributed by atoms with Gasteiger partial charge < -0.3 is 20.3 Å². The van der Waals surface area contributed by atoms with Gasteiger partial charge in [0.25, 0.3) is 0 Å². The van der Waals surface area contributed by atoms with Gasteiger partial charge in [-0.1, -0.05) is 30.3 Å². The minimum Gasteiger partial charge on any atom is -0.386 e. The Morgan fingerprint density at radius 3 is 2.69 bits per heavy atom. The van der Waals surface area contributed by atoms with Crippen molar-refractivity contribution < 1.29 is 9.63 Å². The molecular weight excluding hydrogens is 499 g/mol. The van der Waals surface area contributed by atoms with Crippen LogP contribution in [0.25, 0.3) is 10.1 Å². The van der Waals surface area contributed by atoms with Crippen molar-refractivity contribution in [1.29, 1.82) is 0 Å². The van der Waals surface area contributed by atoms with Gasteiger partial charge >= 0.3 is 0 Å². The Bertz CT molecular complexity index is 901. The average molecular weight is 528 g/mol. The normalized spacial score (nSPS) is 13.8. The SMILES string of the molecule is CCNC(=NCC(C)c1c(C)noc1C)NCC(O)c1cc2ccccc2s1.I. The number of nitrogens with zero attached hydrogens (tertiary/aromatic N) is 2. The summed E-state index contributed by atoms with van der Waals surface area (Å²) in [6.07, 6.45) is -0.582. The fourth-order valence-electron chi connectivity index (χ4n) is 3.32. The number of aromatic nitrogens is 1. The van der Waals surface area contributed by atoms with Crippen molar-refractivity contribution in [2.24, 2.45) is 4.99 Å².